The maximum absolute atomic E-state index is 5.51. The normalized spacial score (nSPS) is 10.7. The van der Waals surface area contributed by atoms with Gasteiger partial charge in [0.1, 0.15) is 0 Å². The fourth-order valence-corrected chi connectivity index (χ4v) is 1.64. The summed E-state index contributed by atoms with van der Waals surface area (Å²) in [7, 11) is 0. The van der Waals surface area contributed by atoms with Crippen LogP contribution >= 0.6 is 56.8 Å². The molecule has 0 saturated carbocycles. The second-order valence-corrected chi connectivity index (χ2v) is 7.70. The zero-order valence-electron chi connectivity index (χ0n) is 5.25. The molecule has 0 rings (SSSR count). The van der Waals surface area contributed by atoms with Crippen LogP contribution in [0.15, 0.2) is 0 Å². The Labute approximate surface area is 89.4 Å². The number of hydrogen-bond acceptors (Lipinski definition) is 0. The van der Waals surface area contributed by atoms with Gasteiger partial charge in [0.05, 0.1) is 1.93 Å². The highest BCUT2D eigenvalue weighted by atomic mass is 127. The van der Waals surface area contributed by atoms with Crippen molar-refractivity contribution in [1.82, 2.24) is 0 Å². The minimum absolute atomic E-state index is 0.801. The van der Waals surface area contributed by atoms with Crippen LogP contribution in [0.3, 0.4) is 0 Å². The summed E-state index contributed by atoms with van der Waals surface area (Å²) >= 11 is 10.4. The molecule has 0 aromatic rings. The molecule has 0 nitrogen and oxygen atoms in total. The Morgan fingerprint density at radius 3 is 2.22 bits per heavy atom. The van der Waals surface area contributed by atoms with E-state index in [2.05, 4.69) is 45.2 Å². The molecule has 9 heavy (non-hydrogen) atoms. The lowest BCUT2D eigenvalue weighted by molar-refractivity contribution is 0.709. The second kappa shape index (κ2) is 7.85. The van der Waals surface area contributed by atoms with Crippen LogP contribution in [0.4, 0.5) is 0 Å². The molecule has 0 bridgehead atoms. The minimum Gasteiger partial charge on any atom is -0.127 e. The number of unbranched alkanes of at least 4 members (excludes halogenated alkanes) is 2. The van der Waals surface area contributed by atoms with Gasteiger partial charge in [-0.1, -0.05) is 58.0 Å². The van der Waals surface area contributed by atoms with Crippen LogP contribution in [0, 0.1) is 0 Å². The second-order valence-electron chi connectivity index (χ2n) is 1.93. The quantitative estimate of drug-likeness (QED) is 0.389. The van der Waals surface area contributed by atoms with Gasteiger partial charge in [-0.15, -0.1) is 11.6 Å². The third-order valence-electron chi connectivity index (χ3n) is 1.06. The average molecular weight is 372 g/mol. The smallest absolute Gasteiger partial charge is 0.0626 e. The minimum atomic E-state index is 0.801. The van der Waals surface area contributed by atoms with E-state index in [9.17, 15) is 0 Å². The Morgan fingerprint density at radius 2 is 1.78 bits per heavy atom. The molecule has 0 fully saturated rings. The molecular formula is C6H11ClI2. The molecule has 0 amide bonds. The maximum Gasteiger partial charge on any atom is 0.0626 e. The molecule has 0 unspecified atom stereocenters. The zero-order valence-corrected chi connectivity index (χ0v) is 10.3. The molecule has 0 atom stereocenters. The Bertz CT molecular complexity index is 57.0. The summed E-state index contributed by atoms with van der Waals surface area (Å²) in [6.45, 7) is 0. The van der Waals surface area contributed by atoms with Crippen LogP contribution in [0.2, 0.25) is 0 Å². The standard InChI is InChI=1S/C6H11ClI2/c7-5-3-1-2-4-6(8)9/h6H,1-5H2. The fraction of sp³-hybridized carbons (Fsp3) is 1.00. The molecule has 0 aromatic heterocycles. The van der Waals surface area contributed by atoms with Crippen molar-refractivity contribution in [2.24, 2.45) is 0 Å². The molecule has 0 N–H and O–H groups in total. The lowest BCUT2D eigenvalue weighted by Gasteiger charge is -1.98. The van der Waals surface area contributed by atoms with E-state index in [4.69, 9.17) is 11.6 Å². The van der Waals surface area contributed by atoms with Gasteiger partial charge in [-0.05, 0) is 12.8 Å². The van der Waals surface area contributed by atoms with E-state index < -0.39 is 0 Å². The van der Waals surface area contributed by atoms with Gasteiger partial charge in [0.2, 0.25) is 0 Å². The lowest BCUT2D eigenvalue weighted by atomic mass is 10.2. The van der Waals surface area contributed by atoms with E-state index >= 15 is 0 Å². The largest absolute Gasteiger partial charge is 0.127 e. The number of hydrogen-bond donors (Lipinski definition) is 0. The van der Waals surface area contributed by atoms with E-state index in [1.54, 1.807) is 0 Å². The van der Waals surface area contributed by atoms with Gasteiger partial charge < -0.3 is 0 Å². The Kier molecular flexibility index (Phi) is 9.38. The summed E-state index contributed by atoms with van der Waals surface area (Å²) in [4.78, 5) is 0. The van der Waals surface area contributed by atoms with Crippen LogP contribution in [-0.2, 0) is 0 Å². The molecule has 3 heteroatoms. The average Bonchev–Trinajstić information content (AvgIpc) is 1.80. The van der Waals surface area contributed by atoms with Crippen molar-refractivity contribution < 1.29 is 0 Å². The highest BCUT2D eigenvalue weighted by Gasteiger charge is 1.95. The molecule has 0 aromatic carbocycles. The topological polar surface area (TPSA) is 0 Å². The SMILES string of the molecule is ClCCCCCC(I)I. The molecule has 0 aliphatic rings. The van der Waals surface area contributed by atoms with Crippen LogP contribution in [-0.4, -0.2) is 7.81 Å². The van der Waals surface area contributed by atoms with Gasteiger partial charge in [-0.3, -0.25) is 0 Å². The van der Waals surface area contributed by atoms with Crippen molar-refractivity contribution in [3.8, 4) is 0 Å². The third kappa shape index (κ3) is 9.75. The van der Waals surface area contributed by atoms with E-state index in [0.717, 1.165) is 7.81 Å². The Balaban J connectivity index is 2.75. The number of alkyl halides is 3. The number of rotatable bonds is 5. The predicted molar refractivity (Wildman–Crippen MR) is 61.0 cm³/mol. The van der Waals surface area contributed by atoms with Crippen LogP contribution in [0.1, 0.15) is 25.7 Å². The van der Waals surface area contributed by atoms with Crippen LogP contribution < -0.4 is 0 Å². The van der Waals surface area contributed by atoms with Gasteiger partial charge in [0.15, 0.2) is 0 Å². The third-order valence-corrected chi connectivity index (χ3v) is 2.57. The van der Waals surface area contributed by atoms with Crippen molar-refractivity contribution in [3.05, 3.63) is 0 Å². The van der Waals surface area contributed by atoms with Gasteiger partial charge >= 0.3 is 0 Å². The Morgan fingerprint density at radius 1 is 1.11 bits per heavy atom. The highest BCUT2D eigenvalue weighted by Crippen LogP contribution is 2.17. The van der Waals surface area contributed by atoms with Crippen LogP contribution in [0.5, 0.6) is 0 Å². The molecule has 0 radical (unpaired) electrons. The van der Waals surface area contributed by atoms with E-state index in [1.807, 2.05) is 0 Å². The summed E-state index contributed by atoms with van der Waals surface area (Å²) < 4.78 is 0.801. The summed E-state index contributed by atoms with van der Waals surface area (Å²) in [5, 5.41) is 0. The summed E-state index contributed by atoms with van der Waals surface area (Å²) in [5.41, 5.74) is 0. The first-order valence-corrected chi connectivity index (χ1v) is 6.14. The van der Waals surface area contributed by atoms with Crippen LogP contribution in [0.25, 0.3) is 0 Å². The molecule has 0 heterocycles. The van der Waals surface area contributed by atoms with Crippen molar-refractivity contribution in [1.29, 1.82) is 0 Å². The fourth-order valence-electron chi connectivity index (χ4n) is 0.570. The maximum atomic E-state index is 5.51. The van der Waals surface area contributed by atoms with E-state index in [1.165, 1.54) is 25.7 Å². The van der Waals surface area contributed by atoms with E-state index in [0.29, 0.717) is 0 Å². The highest BCUT2D eigenvalue weighted by molar-refractivity contribution is 14.2. The molecule has 0 aliphatic carbocycles. The first kappa shape index (κ1) is 10.8. The molecule has 56 valence electrons. The Hall–Kier alpha value is 1.75. The molecule has 0 aliphatic heterocycles. The lowest BCUT2D eigenvalue weighted by Crippen LogP contribution is -1.85. The van der Waals surface area contributed by atoms with Crippen molar-refractivity contribution in [3.63, 3.8) is 0 Å². The van der Waals surface area contributed by atoms with Gasteiger partial charge in [0, 0.05) is 5.88 Å². The first-order chi connectivity index (χ1) is 4.27. The summed E-state index contributed by atoms with van der Waals surface area (Å²) in [6.07, 6.45) is 5.15. The first-order valence-electron chi connectivity index (χ1n) is 3.11. The number of halogens is 3. The van der Waals surface area contributed by atoms with Gasteiger partial charge in [0.25, 0.3) is 0 Å². The summed E-state index contributed by atoms with van der Waals surface area (Å²) in [5.74, 6) is 0.827. The summed E-state index contributed by atoms with van der Waals surface area (Å²) in [6, 6.07) is 0. The van der Waals surface area contributed by atoms with Gasteiger partial charge in [-0.2, -0.15) is 0 Å². The van der Waals surface area contributed by atoms with Crippen molar-refractivity contribution >= 4 is 56.8 Å². The van der Waals surface area contributed by atoms with E-state index in [-0.39, 0.29) is 0 Å². The molecular weight excluding hydrogens is 361 g/mol. The molecule has 0 saturated heterocycles. The zero-order chi connectivity index (χ0) is 7.11. The van der Waals surface area contributed by atoms with Crippen molar-refractivity contribution in [2.45, 2.75) is 27.6 Å². The van der Waals surface area contributed by atoms with Gasteiger partial charge in [-0.25, -0.2) is 0 Å². The monoisotopic (exact) mass is 372 g/mol. The predicted octanol–water partition coefficient (Wildman–Crippen LogP) is 3.98. The van der Waals surface area contributed by atoms with Crippen molar-refractivity contribution in [2.75, 3.05) is 5.88 Å². The molecule has 0 spiro atoms.